The van der Waals surface area contributed by atoms with Crippen molar-refractivity contribution in [2.45, 2.75) is 39.3 Å². The molecule has 1 aromatic carbocycles. The van der Waals surface area contributed by atoms with Crippen molar-refractivity contribution in [3.05, 3.63) is 59.3 Å². The van der Waals surface area contributed by atoms with Gasteiger partial charge < -0.3 is 4.98 Å². The van der Waals surface area contributed by atoms with Crippen LogP contribution in [0.4, 0.5) is 0 Å². The fraction of sp³-hybridized carbons (Fsp3) is 0.368. The Morgan fingerprint density at radius 2 is 2.17 bits per heavy atom. The largest absolute Gasteiger partial charge is 0.357 e. The van der Waals surface area contributed by atoms with Gasteiger partial charge in [-0.15, -0.1) is 0 Å². The van der Waals surface area contributed by atoms with E-state index in [9.17, 15) is 0 Å². The van der Waals surface area contributed by atoms with Crippen molar-refractivity contribution >= 4 is 10.9 Å². The van der Waals surface area contributed by atoms with Gasteiger partial charge in [0.05, 0.1) is 5.69 Å². The first-order chi connectivity index (χ1) is 11.3. The van der Waals surface area contributed by atoms with E-state index in [1.807, 2.05) is 6.20 Å². The lowest BCUT2D eigenvalue weighted by Gasteiger charge is -2.27. The Morgan fingerprint density at radius 3 is 3.04 bits per heavy atom. The van der Waals surface area contributed by atoms with Crippen LogP contribution in [-0.2, 0) is 25.9 Å². The number of fused-ring (bicyclic) bond motifs is 2. The molecule has 1 aliphatic rings. The summed E-state index contributed by atoms with van der Waals surface area (Å²) in [5.74, 6) is 0.985. The fourth-order valence-corrected chi connectivity index (χ4v) is 3.34. The third kappa shape index (κ3) is 2.99. The molecule has 0 spiro atoms. The topological polar surface area (TPSA) is 44.8 Å². The number of hydrogen-bond acceptors (Lipinski definition) is 3. The minimum absolute atomic E-state index is 0.921. The minimum Gasteiger partial charge on any atom is -0.357 e. The van der Waals surface area contributed by atoms with Crippen molar-refractivity contribution in [3.8, 4) is 0 Å². The summed E-state index contributed by atoms with van der Waals surface area (Å²) in [7, 11) is 0. The summed E-state index contributed by atoms with van der Waals surface area (Å²) in [6, 6.07) is 10.7. The Labute approximate surface area is 136 Å². The third-order valence-corrected chi connectivity index (χ3v) is 4.53. The second-order valence-corrected chi connectivity index (χ2v) is 6.35. The molecule has 1 N–H and O–H groups in total. The van der Waals surface area contributed by atoms with E-state index in [-0.39, 0.29) is 0 Å². The Balaban J connectivity index is 1.51. The van der Waals surface area contributed by atoms with Crippen LogP contribution in [-0.4, -0.2) is 26.4 Å². The molecule has 2 aromatic heterocycles. The number of H-pyrrole nitrogens is 1. The van der Waals surface area contributed by atoms with E-state index in [0.29, 0.717) is 0 Å². The van der Waals surface area contributed by atoms with E-state index in [1.54, 1.807) is 0 Å². The Kier molecular flexibility index (Phi) is 3.83. The zero-order valence-electron chi connectivity index (χ0n) is 13.5. The van der Waals surface area contributed by atoms with Gasteiger partial charge in [-0.25, -0.2) is 9.97 Å². The van der Waals surface area contributed by atoms with E-state index < -0.39 is 0 Å². The maximum Gasteiger partial charge on any atom is 0.128 e. The summed E-state index contributed by atoms with van der Waals surface area (Å²) in [6.45, 7) is 5.11. The molecule has 3 aromatic rings. The molecule has 23 heavy (non-hydrogen) atoms. The van der Waals surface area contributed by atoms with Gasteiger partial charge in [0.15, 0.2) is 0 Å². The summed E-state index contributed by atoms with van der Waals surface area (Å²) in [4.78, 5) is 15.3. The molecule has 0 fully saturated rings. The molecular formula is C19H22N4. The molecule has 0 bridgehead atoms. The normalized spacial score (nSPS) is 15.0. The summed E-state index contributed by atoms with van der Waals surface area (Å²) in [5, 5.41) is 1.28. The molecule has 0 aliphatic carbocycles. The molecule has 4 rings (SSSR count). The number of aromatic nitrogens is 3. The Hall–Kier alpha value is -2.20. The summed E-state index contributed by atoms with van der Waals surface area (Å²) < 4.78 is 0. The zero-order valence-corrected chi connectivity index (χ0v) is 13.5. The molecule has 1 aliphatic heterocycles. The number of para-hydroxylation sites is 1. The molecule has 3 heterocycles. The first-order valence-corrected chi connectivity index (χ1v) is 8.44. The molecule has 0 atom stereocenters. The lowest BCUT2D eigenvalue weighted by atomic mass is 10.1. The minimum atomic E-state index is 0.921. The monoisotopic (exact) mass is 306 g/mol. The Bertz CT molecular complexity index is 788. The van der Waals surface area contributed by atoms with Crippen LogP contribution in [0.3, 0.4) is 0 Å². The number of benzene rings is 1. The molecule has 4 heteroatoms. The lowest BCUT2D eigenvalue weighted by molar-refractivity contribution is 0.238. The van der Waals surface area contributed by atoms with Crippen molar-refractivity contribution in [3.63, 3.8) is 0 Å². The zero-order chi connectivity index (χ0) is 15.6. The standard InChI is InChI=1S/C19H22N4/c1-2-5-19-20-11-15-8-9-23(13-18(15)22-19)12-16-10-14-6-3-4-7-17(14)21-16/h3-4,6-7,10-11,21H,2,5,8-9,12-13H2,1H3. The van der Waals surface area contributed by atoms with Gasteiger partial charge in [-0.3, -0.25) is 4.90 Å². The number of nitrogens with zero attached hydrogens (tertiary/aromatic N) is 3. The second kappa shape index (κ2) is 6.13. The van der Waals surface area contributed by atoms with Crippen molar-refractivity contribution in [1.82, 2.24) is 19.9 Å². The lowest BCUT2D eigenvalue weighted by Crippen LogP contribution is -2.31. The third-order valence-electron chi connectivity index (χ3n) is 4.53. The van der Waals surface area contributed by atoms with Crippen molar-refractivity contribution in [1.29, 1.82) is 0 Å². The maximum absolute atomic E-state index is 4.77. The van der Waals surface area contributed by atoms with Gasteiger partial charge in [0.25, 0.3) is 0 Å². The highest BCUT2D eigenvalue weighted by Crippen LogP contribution is 2.21. The van der Waals surface area contributed by atoms with Gasteiger partial charge in [-0.2, -0.15) is 0 Å². The first-order valence-electron chi connectivity index (χ1n) is 8.44. The number of aryl methyl sites for hydroxylation is 1. The van der Waals surface area contributed by atoms with Crippen molar-refractivity contribution in [2.75, 3.05) is 6.54 Å². The molecule has 0 amide bonds. The van der Waals surface area contributed by atoms with Gasteiger partial charge in [-0.1, -0.05) is 25.1 Å². The maximum atomic E-state index is 4.77. The first kappa shape index (κ1) is 14.4. The van der Waals surface area contributed by atoms with Crippen LogP contribution in [0.15, 0.2) is 36.5 Å². The van der Waals surface area contributed by atoms with Gasteiger partial charge in [0.2, 0.25) is 0 Å². The van der Waals surface area contributed by atoms with Gasteiger partial charge in [0, 0.05) is 43.5 Å². The van der Waals surface area contributed by atoms with Crippen molar-refractivity contribution < 1.29 is 0 Å². The van der Waals surface area contributed by atoms with Crippen LogP contribution in [0.5, 0.6) is 0 Å². The molecule has 0 saturated carbocycles. The molecular weight excluding hydrogens is 284 g/mol. The predicted molar refractivity (Wildman–Crippen MR) is 92.1 cm³/mol. The average Bonchev–Trinajstić information content (AvgIpc) is 2.97. The number of aromatic amines is 1. The smallest absolute Gasteiger partial charge is 0.128 e. The molecule has 4 nitrogen and oxygen atoms in total. The SMILES string of the molecule is CCCc1ncc2c(n1)CN(Cc1cc3ccccc3[nH]1)CC2. The molecule has 118 valence electrons. The highest BCUT2D eigenvalue weighted by Gasteiger charge is 2.19. The molecule has 0 saturated heterocycles. The highest BCUT2D eigenvalue weighted by molar-refractivity contribution is 5.80. The van der Waals surface area contributed by atoms with Gasteiger partial charge in [0.1, 0.15) is 5.82 Å². The van der Waals surface area contributed by atoms with Crippen LogP contribution in [0.25, 0.3) is 10.9 Å². The highest BCUT2D eigenvalue weighted by atomic mass is 15.1. The van der Waals surface area contributed by atoms with Crippen LogP contribution in [0.1, 0.15) is 36.1 Å². The fourth-order valence-electron chi connectivity index (χ4n) is 3.34. The van der Waals surface area contributed by atoms with E-state index in [0.717, 1.165) is 44.7 Å². The van der Waals surface area contributed by atoms with Crippen LogP contribution in [0, 0.1) is 0 Å². The van der Waals surface area contributed by atoms with Gasteiger partial charge in [-0.05, 0) is 35.9 Å². The average molecular weight is 306 g/mol. The van der Waals surface area contributed by atoms with E-state index >= 15 is 0 Å². The number of hydrogen-bond donors (Lipinski definition) is 1. The van der Waals surface area contributed by atoms with Crippen LogP contribution >= 0.6 is 0 Å². The Morgan fingerprint density at radius 1 is 1.26 bits per heavy atom. The summed E-state index contributed by atoms with van der Waals surface area (Å²) in [6.07, 6.45) is 5.14. The quantitative estimate of drug-likeness (QED) is 0.803. The van der Waals surface area contributed by atoms with E-state index in [1.165, 1.54) is 27.9 Å². The van der Waals surface area contributed by atoms with E-state index in [4.69, 9.17) is 4.98 Å². The number of rotatable bonds is 4. The van der Waals surface area contributed by atoms with Crippen molar-refractivity contribution in [2.24, 2.45) is 0 Å². The predicted octanol–water partition coefficient (Wildman–Crippen LogP) is 3.47. The summed E-state index contributed by atoms with van der Waals surface area (Å²) >= 11 is 0. The van der Waals surface area contributed by atoms with Gasteiger partial charge >= 0.3 is 0 Å². The molecule has 0 unspecified atom stereocenters. The molecule has 0 radical (unpaired) electrons. The summed E-state index contributed by atoms with van der Waals surface area (Å²) in [5.41, 5.74) is 5.02. The van der Waals surface area contributed by atoms with E-state index in [2.05, 4.69) is 52.1 Å². The van der Waals surface area contributed by atoms with Crippen LogP contribution < -0.4 is 0 Å². The number of nitrogens with one attached hydrogen (secondary N) is 1. The van der Waals surface area contributed by atoms with Crippen LogP contribution in [0.2, 0.25) is 0 Å². The second-order valence-electron chi connectivity index (χ2n) is 6.35.